The minimum Gasteiger partial charge on any atom is -0.445 e. The molecule has 0 bridgehead atoms. The summed E-state index contributed by atoms with van der Waals surface area (Å²) in [6, 6.07) is 1.12. The summed E-state index contributed by atoms with van der Waals surface area (Å²) in [6.07, 6.45) is -3.09. The standard InChI is InChI=1S/C18H33F5O6SSi/c1-28-31(2,3)14-12-10-8-6-4-5-7-9-11-13-15(24)29-16(17(19,20)21)18(22,23)30(25,26)27/h16H,4-14H2,1-3H3,(H,25,26,27). The third-order valence-corrected chi connectivity index (χ3v) is 8.47. The first-order valence-corrected chi connectivity index (χ1v) is 14.8. The average Bonchev–Trinajstić information content (AvgIpc) is 2.62. The molecular formula is C18H33F5O6SSi. The Bertz CT molecular complexity index is 640. The topological polar surface area (TPSA) is 89.9 Å². The summed E-state index contributed by atoms with van der Waals surface area (Å²) in [4.78, 5) is 11.5. The van der Waals surface area contributed by atoms with Crippen LogP contribution in [0.25, 0.3) is 0 Å². The van der Waals surface area contributed by atoms with Gasteiger partial charge in [0.05, 0.1) is 0 Å². The van der Waals surface area contributed by atoms with Crippen LogP contribution in [0.4, 0.5) is 22.0 Å². The number of halogens is 5. The van der Waals surface area contributed by atoms with E-state index in [0.717, 1.165) is 51.0 Å². The lowest BCUT2D eigenvalue weighted by Gasteiger charge is -2.26. The molecular weight excluding hydrogens is 467 g/mol. The Balaban J connectivity index is 4.06. The predicted octanol–water partition coefficient (Wildman–Crippen LogP) is 5.69. The average molecular weight is 501 g/mol. The van der Waals surface area contributed by atoms with Gasteiger partial charge in [-0.15, -0.1) is 0 Å². The Morgan fingerprint density at radius 1 is 0.903 bits per heavy atom. The van der Waals surface area contributed by atoms with Gasteiger partial charge in [-0.05, 0) is 25.6 Å². The maximum Gasteiger partial charge on any atom is 0.432 e. The van der Waals surface area contributed by atoms with E-state index in [4.69, 9.17) is 8.98 Å². The zero-order valence-electron chi connectivity index (χ0n) is 18.1. The summed E-state index contributed by atoms with van der Waals surface area (Å²) in [5.74, 6) is -1.60. The van der Waals surface area contributed by atoms with Gasteiger partial charge in [-0.3, -0.25) is 9.35 Å². The highest BCUT2D eigenvalue weighted by Crippen LogP contribution is 2.38. The first-order chi connectivity index (χ1) is 14.0. The zero-order valence-corrected chi connectivity index (χ0v) is 20.0. The molecule has 0 saturated carbocycles. The number of carbonyl (C=O) groups is 1. The normalized spacial score (nSPS) is 14.5. The number of hydrogen-bond acceptors (Lipinski definition) is 5. The van der Waals surface area contributed by atoms with Crippen molar-refractivity contribution < 1.29 is 48.9 Å². The number of unbranched alkanes of at least 4 members (excludes halogenated alkanes) is 8. The van der Waals surface area contributed by atoms with Crippen molar-refractivity contribution in [3.05, 3.63) is 0 Å². The maximum atomic E-state index is 13.3. The second-order valence-corrected chi connectivity index (χ2v) is 14.0. The van der Waals surface area contributed by atoms with E-state index in [0.29, 0.717) is 6.42 Å². The number of esters is 1. The molecule has 186 valence electrons. The van der Waals surface area contributed by atoms with Crippen LogP contribution in [0.2, 0.25) is 19.1 Å². The zero-order chi connectivity index (χ0) is 24.3. The van der Waals surface area contributed by atoms with Crippen LogP contribution in [0, 0.1) is 0 Å². The fourth-order valence-corrected chi connectivity index (χ4v) is 4.57. The van der Waals surface area contributed by atoms with Crippen LogP contribution in [0.1, 0.15) is 64.2 Å². The number of ether oxygens (including phenoxy) is 1. The molecule has 1 N–H and O–H groups in total. The summed E-state index contributed by atoms with van der Waals surface area (Å²) in [5, 5.41) is -5.69. The molecule has 13 heteroatoms. The van der Waals surface area contributed by atoms with Gasteiger partial charge in [-0.2, -0.15) is 30.4 Å². The third-order valence-electron chi connectivity index (χ3n) is 4.91. The number of rotatable bonds is 16. The van der Waals surface area contributed by atoms with E-state index >= 15 is 0 Å². The summed E-state index contributed by atoms with van der Waals surface area (Å²) in [7, 11) is -6.17. The Morgan fingerprint density at radius 3 is 1.71 bits per heavy atom. The number of alkyl halides is 5. The van der Waals surface area contributed by atoms with Crippen molar-refractivity contribution >= 4 is 24.4 Å². The van der Waals surface area contributed by atoms with Gasteiger partial charge in [-0.25, -0.2) is 0 Å². The van der Waals surface area contributed by atoms with Crippen molar-refractivity contribution in [1.29, 1.82) is 0 Å². The van der Waals surface area contributed by atoms with Gasteiger partial charge in [0, 0.05) is 13.5 Å². The molecule has 6 nitrogen and oxygen atoms in total. The van der Waals surface area contributed by atoms with Crippen LogP contribution in [0.5, 0.6) is 0 Å². The lowest BCUT2D eigenvalue weighted by Crippen LogP contribution is -2.52. The quantitative estimate of drug-likeness (QED) is 0.0962. The lowest BCUT2D eigenvalue weighted by atomic mass is 10.1. The molecule has 0 radical (unpaired) electrons. The highest BCUT2D eigenvalue weighted by atomic mass is 32.2. The van der Waals surface area contributed by atoms with Crippen LogP contribution in [-0.4, -0.2) is 51.9 Å². The molecule has 31 heavy (non-hydrogen) atoms. The van der Waals surface area contributed by atoms with Crippen LogP contribution in [0.15, 0.2) is 0 Å². The van der Waals surface area contributed by atoms with Gasteiger partial charge in [0.2, 0.25) is 0 Å². The lowest BCUT2D eigenvalue weighted by molar-refractivity contribution is -0.259. The monoisotopic (exact) mass is 500 g/mol. The molecule has 1 atom stereocenters. The number of carbonyl (C=O) groups excluding carboxylic acids is 1. The minimum atomic E-state index is -6.42. The molecule has 0 aromatic heterocycles. The number of hydrogen-bond donors (Lipinski definition) is 1. The molecule has 0 aliphatic rings. The van der Waals surface area contributed by atoms with E-state index in [1.807, 2.05) is 0 Å². The Morgan fingerprint density at radius 2 is 1.32 bits per heavy atom. The van der Waals surface area contributed by atoms with Crippen LogP contribution < -0.4 is 0 Å². The van der Waals surface area contributed by atoms with E-state index in [1.54, 1.807) is 7.11 Å². The first-order valence-electron chi connectivity index (χ1n) is 10.2. The van der Waals surface area contributed by atoms with Crippen molar-refractivity contribution in [3.63, 3.8) is 0 Å². The maximum absolute atomic E-state index is 13.3. The molecule has 0 heterocycles. The van der Waals surface area contributed by atoms with Crippen molar-refractivity contribution in [3.8, 4) is 0 Å². The van der Waals surface area contributed by atoms with Crippen molar-refractivity contribution in [2.45, 2.75) is 101 Å². The smallest absolute Gasteiger partial charge is 0.432 e. The van der Waals surface area contributed by atoms with Gasteiger partial charge in [0.25, 0.3) is 6.10 Å². The van der Waals surface area contributed by atoms with E-state index in [9.17, 15) is 35.2 Å². The molecule has 0 saturated heterocycles. The largest absolute Gasteiger partial charge is 0.445 e. The van der Waals surface area contributed by atoms with Gasteiger partial charge < -0.3 is 9.16 Å². The van der Waals surface area contributed by atoms with E-state index in [2.05, 4.69) is 17.8 Å². The van der Waals surface area contributed by atoms with Crippen molar-refractivity contribution in [2.75, 3.05) is 7.11 Å². The first kappa shape index (κ1) is 30.2. The highest BCUT2D eigenvalue weighted by Gasteiger charge is 2.65. The molecule has 0 spiro atoms. The van der Waals surface area contributed by atoms with Crippen molar-refractivity contribution in [1.82, 2.24) is 0 Å². The molecule has 0 amide bonds. The second-order valence-electron chi connectivity index (χ2n) is 8.09. The fourth-order valence-electron chi connectivity index (χ4n) is 2.81. The predicted molar refractivity (Wildman–Crippen MR) is 108 cm³/mol. The molecule has 0 aromatic rings. The van der Waals surface area contributed by atoms with Gasteiger partial charge in [-0.1, -0.05) is 51.4 Å². The fraction of sp³-hybridized carbons (Fsp3) is 0.944. The summed E-state index contributed by atoms with van der Waals surface area (Å²) < 4.78 is 103. The molecule has 0 rings (SSSR count). The van der Waals surface area contributed by atoms with E-state index in [1.165, 1.54) is 0 Å². The third kappa shape index (κ3) is 12.1. The Hall–Kier alpha value is -0.793. The summed E-state index contributed by atoms with van der Waals surface area (Å²) in [5.41, 5.74) is 0. The van der Waals surface area contributed by atoms with E-state index < -0.39 is 48.4 Å². The molecule has 1 unspecified atom stereocenters. The van der Waals surface area contributed by atoms with Crippen molar-refractivity contribution in [2.24, 2.45) is 0 Å². The second kappa shape index (κ2) is 13.0. The SMILES string of the molecule is CO[Si](C)(C)CCCCCCCCCCCC(=O)OC(C(F)(F)F)C(F)(F)S(=O)(=O)O. The minimum absolute atomic E-state index is 0.123. The Kier molecular flexibility index (Phi) is 12.7. The van der Waals surface area contributed by atoms with Crippen LogP contribution in [0.3, 0.4) is 0 Å². The summed E-state index contributed by atoms with van der Waals surface area (Å²) in [6.45, 7) is 4.35. The van der Waals surface area contributed by atoms with Gasteiger partial charge in [0.1, 0.15) is 0 Å². The van der Waals surface area contributed by atoms with Crippen LogP contribution >= 0.6 is 0 Å². The summed E-state index contributed by atoms with van der Waals surface area (Å²) >= 11 is 0. The molecule has 0 aliphatic carbocycles. The van der Waals surface area contributed by atoms with Gasteiger partial charge in [0.15, 0.2) is 8.32 Å². The van der Waals surface area contributed by atoms with E-state index in [-0.39, 0.29) is 6.42 Å². The van der Waals surface area contributed by atoms with Gasteiger partial charge >= 0.3 is 27.5 Å². The Labute approximate surface area is 181 Å². The molecule has 0 aromatic carbocycles. The molecule has 0 fully saturated rings. The van der Waals surface area contributed by atoms with Crippen LogP contribution in [-0.2, 0) is 24.1 Å². The molecule has 0 aliphatic heterocycles. The highest BCUT2D eigenvalue weighted by molar-refractivity contribution is 7.86.